The van der Waals surface area contributed by atoms with Gasteiger partial charge >= 0.3 is 5.97 Å². The summed E-state index contributed by atoms with van der Waals surface area (Å²) in [5.74, 6) is -2.06. The Kier molecular flexibility index (Phi) is 5.68. The molecule has 0 unspecified atom stereocenters. The Morgan fingerprint density at radius 3 is 2.08 bits per heavy atom. The number of anilines is 1. The van der Waals surface area contributed by atoms with Crippen LogP contribution in [0, 0.1) is 0 Å². The van der Waals surface area contributed by atoms with Gasteiger partial charge in [0.2, 0.25) is 0 Å². The number of rotatable bonds is 6. The minimum absolute atomic E-state index is 0.0359. The Bertz CT molecular complexity index is 771. The van der Waals surface area contributed by atoms with Crippen LogP contribution in [-0.2, 0) is 0 Å². The van der Waals surface area contributed by atoms with E-state index in [1.807, 2.05) is 6.92 Å². The van der Waals surface area contributed by atoms with E-state index >= 15 is 0 Å². The molecule has 0 aliphatic carbocycles. The van der Waals surface area contributed by atoms with E-state index in [-0.39, 0.29) is 17.0 Å². The molecule has 3 N–H and O–H groups in total. The molecule has 0 saturated heterocycles. The van der Waals surface area contributed by atoms with Gasteiger partial charge in [0.05, 0.1) is 22.4 Å². The Hall–Kier alpha value is -3.15. The quantitative estimate of drug-likeness (QED) is 0.760. The number of nitrogens with one attached hydrogen (secondary N) is 2. The molecule has 0 fully saturated rings. The van der Waals surface area contributed by atoms with E-state index in [2.05, 4.69) is 10.6 Å². The molecule has 6 nitrogen and oxygen atoms in total. The summed E-state index contributed by atoms with van der Waals surface area (Å²) in [5.41, 5.74) is 0.597. The lowest BCUT2D eigenvalue weighted by Gasteiger charge is -2.12. The largest absolute Gasteiger partial charge is 0.478 e. The van der Waals surface area contributed by atoms with Crippen molar-refractivity contribution in [2.75, 3.05) is 11.9 Å². The fourth-order valence-corrected chi connectivity index (χ4v) is 2.18. The number of carboxylic acids is 1. The van der Waals surface area contributed by atoms with Crippen LogP contribution in [-0.4, -0.2) is 29.4 Å². The predicted octanol–water partition coefficient (Wildman–Crippen LogP) is 2.78. The predicted molar refractivity (Wildman–Crippen MR) is 90.4 cm³/mol. The van der Waals surface area contributed by atoms with Crippen molar-refractivity contribution in [1.82, 2.24) is 5.32 Å². The first-order chi connectivity index (χ1) is 11.5. The minimum atomic E-state index is -1.19. The highest BCUT2D eigenvalue weighted by molar-refractivity contribution is 6.13. The van der Waals surface area contributed by atoms with Gasteiger partial charge < -0.3 is 15.7 Å². The Labute approximate surface area is 139 Å². The summed E-state index contributed by atoms with van der Waals surface area (Å²) in [7, 11) is 0. The molecule has 0 aliphatic rings. The number of carbonyl (C=O) groups excluding carboxylic acids is 2. The van der Waals surface area contributed by atoms with Crippen molar-refractivity contribution in [3.63, 3.8) is 0 Å². The molecule has 0 radical (unpaired) electrons. The topological polar surface area (TPSA) is 95.5 Å². The maximum Gasteiger partial charge on any atom is 0.336 e. The lowest BCUT2D eigenvalue weighted by atomic mass is 10.1. The number of carbonyl (C=O) groups is 3. The van der Waals surface area contributed by atoms with Crippen LogP contribution in [0.1, 0.15) is 44.4 Å². The van der Waals surface area contributed by atoms with Gasteiger partial charge in [-0.25, -0.2) is 4.79 Å². The number of carboxylic acid groups (broad SMARTS) is 1. The van der Waals surface area contributed by atoms with Gasteiger partial charge in [0.15, 0.2) is 0 Å². The van der Waals surface area contributed by atoms with Gasteiger partial charge in [0.1, 0.15) is 0 Å². The highest BCUT2D eigenvalue weighted by Gasteiger charge is 2.18. The van der Waals surface area contributed by atoms with E-state index in [1.54, 1.807) is 36.4 Å². The smallest absolute Gasteiger partial charge is 0.336 e. The summed E-state index contributed by atoms with van der Waals surface area (Å²) in [6, 6.07) is 12.5. The van der Waals surface area contributed by atoms with E-state index < -0.39 is 11.9 Å². The molecule has 24 heavy (non-hydrogen) atoms. The molecule has 0 aliphatic heterocycles. The van der Waals surface area contributed by atoms with E-state index in [9.17, 15) is 19.5 Å². The van der Waals surface area contributed by atoms with Gasteiger partial charge in [-0.15, -0.1) is 0 Å². The molecule has 0 aromatic heterocycles. The molecule has 2 amide bonds. The maximum atomic E-state index is 12.4. The molecule has 124 valence electrons. The van der Waals surface area contributed by atoms with Gasteiger partial charge in [-0.3, -0.25) is 9.59 Å². The van der Waals surface area contributed by atoms with Crippen LogP contribution in [0.5, 0.6) is 0 Å². The molecule has 0 heterocycles. The average molecular weight is 326 g/mol. The molecule has 2 aromatic carbocycles. The monoisotopic (exact) mass is 326 g/mol. The SMILES string of the molecule is CCCNC(=O)c1ccccc1NC(=O)c1ccccc1C(=O)O. The number of amides is 2. The molecular weight excluding hydrogens is 308 g/mol. The summed E-state index contributed by atoms with van der Waals surface area (Å²) in [5, 5.41) is 14.5. The second-order valence-electron chi connectivity index (χ2n) is 5.11. The van der Waals surface area contributed by atoms with Gasteiger partial charge in [0, 0.05) is 6.54 Å². The second kappa shape index (κ2) is 7.92. The molecule has 0 atom stereocenters. The zero-order valence-corrected chi connectivity index (χ0v) is 13.2. The first kappa shape index (κ1) is 17.2. The lowest BCUT2D eigenvalue weighted by molar-refractivity contribution is 0.0692. The highest BCUT2D eigenvalue weighted by Crippen LogP contribution is 2.18. The molecule has 2 aromatic rings. The molecule has 0 saturated carbocycles. The van der Waals surface area contributed by atoms with E-state index in [1.165, 1.54) is 12.1 Å². The van der Waals surface area contributed by atoms with Gasteiger partial charge in [-0.1, -0.05) is 31.2 Å². The number of hydrogen-bond donors (Lipinski definition) is 3. The number of hydrogen-bond acceptors (Lipinski definition) is 3. The van der Waals surface area contributed by atoms with Gasteiger partial charge in [-0.2, -0.15) is 0 Å². The van der Waals surface area contributed by atoms with Gasteiger partial charge in [0.25, 0.3) is 11.8 Å². The van der Waals surface area contributed by atoms with Crippen LogP contribution in [0.2, 0.25) is 0 Å². The molecule has 2 rings (SSSR count). The van der Waals surface area contributed by atoms with Crippen LogP contribution >= 0.6 is 0 Å². The Morgan fingerprint density at radius 1 is 0.875 bits per heavy atom. The van der Waals surface area contributed by atoms with Crippen molar-refractivity contribution in [1.29, 1.82) is 0 Å². The zero-order valence-electron chi connectivity index (χ0n) is 13.2. The van der Waals surface area contributed by atoms with Crippen LogP contribution in [0.15, 0.2) is 48.5 Å². The second-order valence-corrected chi connectivity index (χ2v) is 5.11. The third kappa shape index (κ3) is 3.98. The van der Waals surface area contributed by atoms with Crippen molar-refractivity contribution in [3.05, 3.63) is 65.2 Å². The normalized spacial score (nSPS) is 10.0. The van der Waals surface area contributed by atoms with E-state index in [0.29, 0.717) is 17.8 Å². The first-order valence-electron chi connectivity index (χ1n) is 7.55. The summed E-state index contributed by atoms with van der Waals surface area (Å²) in [4.78, 5) is 35.8. The van der Waals surface area contributed by atoms with Crippen LogP contribution < -0.4 is 10.6 Å². The summed E-state index contributed by atoms with van der Waals surface area (Å²) < 4.78 is 0. The lowest BCUT2D eigenvalue weighted by Crippen LogP contribution is -2.26. The van der Waals surface area contributed by atoms with Crippen LogP contribution in [0.4, 0.5) is 5.69 Å². The van der Waals surface area contributed by atoms with Crippen molar-refractivity contribution in [3.8, 4) is 0 Å². The summed E-state index contributed by atoms with van der Waals surface area (Å²) in [6.45, 7) is 2.47. The molecule has 0 spiro atoms. The average Bonchev–Trinajstić information content (AvgIpc) is 2.60. The van der Waals surface area contributed by atoms with Crippen LogP contribution in [0.3, 0.4) is 0 Å². The summed E-state index contributed by atoms with van der Waals surface area (Å²) in [6.07, 6.45) is 0.798. The molecule has 0 bridgehead atoms. The standard InChI is InChI=1S/C18H18N2O4/c1-2-11-19-16(21)14-9-5-6-10-15(14)20-17(22)12-7-3-4-8-13(12)18(23)24/h3-10H,2,11H2,1H3,(H,19,21)(H,20,22)(H,23,24). The molecular formula is C18H18N2O4. The number of aromatic carboxylic acids is 1. The van der Waals surface area contributed by atoms with Crippen molar-refractivity contribution in [2.45, 2.75) is 13.3 Å². The third-order valence-electron chi connectivity index (χ3n) is 3.36. The fraction of sp³-hybridized carbons (Fsp3) is 0.167. The van der Waals surface area contributed by atoms with Gasteiger partial charge in [-0.05, 0) is 30.7 Å². The third-order valence-corrected chi connectivity index (χ3v) is 3.36. The van der Waals surface area contributed by atoms with E-state index in [4.69, 9.17) is 0 Å². The first-order valence-corrected chi connectivity index (χ1v) is 7.55. The Morgan fingerprint density at radius 2 is 1.46 bits per heavy atom. The maximum absolute atomic E-state index is 12.4. The fourth-order valence-electron chi connectivity index (χ4n) is 2.18. The molecule has 6 heteroatoms. The van der Waals surface area contributed by atoms with E-state index in [0.717, 1.165) is 6.42 Å². The summed E-state index contributed by atoms with van der Waals surface area (Å²) >= 11 is 0. The number of benzene rings is 2. The minimum Gasteiger partial charge on any atom is -0.478 e. The van der Waals surface area contributed by atoms with Crippen molar-refractivity contribution in [2.24, 2.45) is 0 Å². The number of para-hydroxylation sites is 1. The van der Waals surface area contributed by atoms with Crippen molar-refractivity contribution < 1.29 is 19.5 Å². The highest BCUT2D eigenvalue weighted by atomic mass is 16.4. The zero-order chi connectivity index (χ0) is 17.5. The van der Waals surface area contributed by atoms with Crippen LogP contribution in [0.25, 0.3) is 0 Å². The van der Waals surface area contributed by atoms with Crippen molar-refractivity contribution >= 4 is 23.5 Å². The Balaban J connectivity index is 2.27.